The molecule has 5 rings (SSSR count). The third kappa shape index (κ3) is 6.60. The van der Waals surface area contributed by atoms with Crippen LogP contribution in [0.4, 0.5) is 5.69 Å². The Morgan fingerprint density at radius 1 is 1.02 bits per heavy atom. The molecule has 5 atom stereocenters. The predicted octanol–water partition coefficient (Wildman–Crippen LogP) is 5.72. The Balaban J connectivity index is 1.52. The second-order valence-corrected chi connectivity index (χ2v) is 14.6. The Hall–Kier alpha value is -2.29. The summed E-state index contributed by atoms with van der Waals surface area (Å²) in [5.74, 6) is 0.790. The molecule has 2 bridgehead atoms. The van der Waals surface area contributed by atoms with E-state index in [0.717, 1.165) is 56.4 Å². The highest BCUT2D eigenvalue weighted by Crippen LogP contribution is 2.42. The van der Waals surface area contributed by atoms with Crippen molar-refractivity contribution >= 4 is 33.2 Å². The maximum Gasteiger partial charge on any atom is 0.264 e. The third-order valence-corrected chi connectivity index (χ3v) is 11.1. The zero-order chi connectivity index (χ0) is 28.4. The van der Waals surface area contributed by atoms with Gasteiger partial charge in [0, 0.05) is 23.7 Å². The molecule has 3 aliphatic rings. The van der Waals surface area contributed by atoms with Crippen LogP contribution < -0.4 is 14.4 Å². The number of benzene rings is 2. The number of aliphatic hydroxyl groups excluding tert-OH is 1. The molecule has 2 aromatic carbocycles. The molecular formula is C31H41ClN2O5S. The quantitative estimate of drug-likeness (QED) is 0.409. The lowest BCUT2D eigenvalue weighted by molar-refractivity contribution is 0.00157. The molecule has 1 amide bonds. The molecule has 2 N–H and O–H groups in total. The van der Waals surface area contributed by atoms with Crippen molar-refractivity contribution in [3.63, 3.8) is 0 Å². The summed E-state index contributed by atoms with van der Waals surface area (Å²) in [6.45, 7) is 5.60. The number of amides is 1. The number of aliphatic hydroxyl groups is 1. The van der Waals surface area contributed by atoms with Crippen molar-refractivity contribution in [1.82, 2.24) is 4.72 Å². The molecule has 40 heavy (non-hydrogen) atoms. The largest absolute Gasteiger partial charge is 0.487 e. The fraction of sp³-hybridized carbons (Fsp3) is 0.581. The van der Waals surface area contributed by atoms with E-state index >= 15 is 0 Å². The highest BCUT2D eigenvalue weighted by Gasteiger charge is 2.38. The van der Waals surface area contributed by atoms with Gasteiger partial charge in [-0.2, -0.15) is 0 Å². The zero-order valence-corrected chi connectivity index (χ0v) is 25.0. The summed E-state index contributed by atoms with van der Waals surface area (Å²) in [7, 11) is -3.85. The first kappa shape index (κ1) is 29.2. The van der Waals surface area contributed by atoms with E-state index in [2.05, 4.69) is 16.5 Å². The van der Waals surface area contributed by atoms with Gasteiger partial charge in [-0.05, 0) is 118 Å². The maximum atomic E-state index is 13.2. The minimum Gasteiger partial charge on any atom is -0.487 e. The van der Waals surface area contributed by atoms with Gasteiger partial charge in [-0.15, -0.1) is 0 Å². The van der Waals surface area contributed by atoms with E-state index in [1.165, 1.54) is 5.56 Å². The average molecular weight is 589 g/mol. The van der Waals surface area contributed by atoms with Crippen molar-refractivity contribution < 1.29 is 23.1 Å². The Labute approximate surface area is 243 Å². The normalized spacial score (nSPS) is 29.4. The number of aryl methyl sites for hydroxylation is 1. The first-order valence-electron chi connectivity index (χ1n) is 14.6. The van der Waals surface area contributed by atoms with Gasteiger partial charge in [0.1, 0.15) is 12.4 Å². The SMILES string of the molecule is C[C@@H]1CC[C@H](C)S(=O)(=O)NC(=O)c2ccc3c(c2)N(CCCCc2cc(Cl)ccc2CO3)C[C@@H]2CC[C@H]2[C@H](O)C1. The van der Waals surface area contributed by atoms with Gasteiger partial charge < -0.3 is 14.7 Å². The van der Waals surface area contributed by atoms with Crippen LogP contribution in [0.2, 0.25) is 5.02 Å². The third-order valence-electron chi connectivity index (χ3n) is 9.14. The van der Waals surface area contributed by atoms with Crippen molar-refractivity contribution in [3.8, 4) is 5.75 Å². The predicted molar refractivity (Wildman–Crippen MR) is 158 cm³/mol. The maximum absolute atomic E-state index is 13.2. The van der Waals surface area contributed by atoms with Crippen LogP contribution in [-0.4, -0.2) is 43.9 Å². The van der Waals surface area contributed by atoms with E-state index in [0.29, 0.717) is 42.6 Å². The highest BCUT2D eigenvalue weighted by atomic mass is 35.5. The number of halogens is 1. The van der Waals surface area contributed by atoms with E-state index < -0.39 is 27.3 Å². The lowest BCUT2D eigenvalue weighted by Crippen LogP contribution is -2.44. The van der Waals surface area contributed by atoms with E-state index in [-0.39, 0.29) is 17.4 Å². The van der Waals surface area contributed by atoms with E-state index in [4.69, 9.17) is 16.3 Å². The zero-order valence-electron chi connectivity index (χ0n) is 23.4. The number of ether oxygens (including phenoxy) is 1. The van der Waals surface area contributed by atoms with Crippen molar-refractivity contribution in [3.05, 3.63) is 58.1 Å². The van der Waals surface area contributed by atoms with Crippen LogP contribution in [0.5, 0.6) is 5.75 Å². The molecule has 218 valence electrons. The monoisotopic (exact) mass is 588 g/mol. The van der Waals surface area contributed by atoms with Crippen molar-refractivity contribution in [1.29, 1.82) is 0 Å². The van der Waals surface area contributed by atoms with Gasteiger partial charge in [-0.1, -0.05) is 24.6 Å². The molecule has 2 heterocycles. The fourth-order valence-electron chi connectivity index (χ4n) is 6.36. The van der Waals surface area contributed by atoms with Gasteiger partial charge in [-0.3, -0.25) is 4.79 Å². The molecule has 0 unspecified atom stereocenters. The number of nitrogens with zero attached hydrogens (tertiary/aromatic N) is 1. The molecule has 7 nitrogen and oxygen atoms in total. The van der Waals surface area contributed by atoms with Crippen LogP contribution in [0.25, 0.3) is 0 Å². The molecule has 0 radical (unpaired) electrons. The van der Waals surface area contributed by atoms with Crippen molar-refractivity contribution in [2.75, 3.05) is 18.0 Å². The lowest BCUT2D eigenvalue weighted by atomic mass is 9.68. The number of carbonyl (C=O) groups is 1. The van der Waals surface area contributed by atoms with Gasteiger partial charge >= 0.3 is 0 Å². The molecule has 2 aromatic rings. The lowest BCUT2D eigenvalue weighted by Gasteiger charge is -2.44. The summed E-state index contributed by atoms with van der Waals surface area (Å²) in [6.07, 6.45) is 6.23. The van der Waals surface area contributed by atoms with Crippen LogP contribution in [0, 0.1) is 17.8 Å². The molecule has 0 spiro atoms. The summed E-state index contributed by atoms with van der Waals surface area (Å²) in [4.78, 5) is 15.5. The molecule has 2 aliphatic heterocycles. The van der Waals surface area contributed by atoms with Crippen LogP contribution >= 0.6 is 11.6 Å². The van der Waals surface area contributed by atoms with Gasteiger partial charge in [-0.25, -0.2) is 13.1 Å². The first-order chi connectivity index (χ1) is 19.1. The first-order valence-corrected chi connectivity index (χ1v) is 16.6. The van der Waals surface area contributed by atoms with Gasteiger partial charge in [0.05, 0.1) is 17.0 Å². The number of fused-ring (bicyclic) bond motifs is 3. The number of hydrogen-bond donors (Lipinski definition) is 2. The molecule has 9 heteroatoms. The second-order valence-electron chi connectivity index (χ2n) is 12.1. The van der Waals surface area contributed by atoms with Crippen LogP contribution in [0.1, 0.15) is 80.3 Å². The number of rotatable bonds is 0. The number of sulfonamides is 1. The van der Waals surface area contributed by atoms with Gasteiger partial charge in [0.15, 0.2) is 0 Å². The summed E-state index contributed by atoms with van der Waals surface area (Å²) in [5.41, 5.74) is 3.34. The molecule has 1 aliphatic carbocycles. The van der Waals surface area contributed by atoms with E-state index in [1.54, 1.807) is 25.1 Å². The summed E-state index contributed by atoms with van der Waals surface area (Å²) < 4.78 is 34.7. The Morgan fingerprint density at radius 3 is 2.62 bits per heavy atom. The smallest absolute Gasteiger partial charge is 0.264 e. The second kappa shape index (κ2) is 12.3. The topological polar surface area (TPSA) is 95.9 Å². The molecule has 0 saturated heterocycles. The Bertz CT molecular complexity index is 1330. The standard InChI is InChI=1S/C31H41ClN2O5S/c1-20-6-7-21(2)40(37,38)33-31(36)23-10-13-30-28(17-23)34(18-24-9-12-27(24)29(35)15-20)14-4-3-5-22-16-26(32)11-8-25(22)19-39-30/h8,10-11,13,16-17,20-21,24,27,29,35H,3-7,9,12,14-15,18-19H2,1-2H3,(H,33,36)/t20-,21+,24+,27-,29-/m1/s1. The van der Waals surface area contributed by atoms with Crippen LogP contribution in [0.3, 0.4) is 0 Å². The molecular weight excluding hydrogens is 548 g/mol. The van der Waals surface area contributed by atoms with Crippen LogP contribution in [0.15, 0.2) is 36.4 Å². The Morgan fingerprint density at radius 2 is 1.85 bits per heavy atom. The minimum absolute atomic E-state index is 0.193. The molecule has 1 saturated carbocycles. The summed E-state index contributed by atoms with van der Waals surface area (Å²) in [6, 6.07) is 11.1. The Kier molecular flexibility index (Phi) is 8.98. The number of nitrogens with one attached hydrogen (secondary N) is 1. The number of anilines is 1. The summed E-state index contributed by atoms with van der Waals surface area (Å²) >= 11 is 6.30. The fourth-order valence-corrected chi connectivity index (χ4v) is 7.58. The van der Waals surface area contributed by atoms with Crippen LogP contribution in [-0.2, 0) is 23.1 Å². The van der Waals surface area contributed by atoms with Gasteiger partial charge in [0.2, 0.25) is 10.0 Å². The van der Waals surface area contributed by atoms with Crippen molar-refractivity contribution in [2.45, 2.75) is 83.2 Å². The average Bonchev–Trinajstić information content (AvgIpc) is 2.92. The van der Waals surface area contributed by atoms with Gasteiger partial charge in [0.25, 0.3) is 5.91 Å². The number of hydrogen-bond acceptors (Lipinski definition) is 6. The van der Waals surface area contributed by atoms with E-state index in [9.17, 15) is 18.3 Å². The number of carbonyl (C=O) groups excluding carboxylic acids is 1. The molecule has 0 aromatic heterocycles. The highest BCUT2D eigenvalue weighted by molar-refractivity contribution is 7.90. The minimum atomic E-state index is -3.85. The molecule has 1 fully saturated rings. The summed E-state index contributed by atoms with van der Waals surface area (Å²) in [5, 5.41) is 11.2. The van der Waals surface area contributed by atoms with E-state index in [1.807, 2.05) is 18.2 Å². The van der Waals surface area contributed by atoms with Crippen molar-refractivity contribution in [2.24, 2.45) is 17.8 Å².